The molecule has 9 heteroatoms. The largest absolute Gasteiger partial charge is 0.478 e. The molecule has 0 atom stereocenters. The molecule has 25 heavy (non-hydrogen) atoms. The standard InChI is InChI=1S/C8H5ClO4.C8H6O4/c9-6-3-4(7(10)11)1-2-5(6)8(12)13;9-7(10)5-1-2-6(4-3-5)8(11)12/h1-3H,(H,10,11)(H,12,13);1-4H,(H,9,10)(H,11,12). The van der Waals surface area contributed by atoms with Gasteiger partial charge in [-0.3, -0.25) is 0 Å². The zero-order valence-corrected chi connectivity index (χ0v) is 13.1. The Morgan fingerprint density at radius 3 is 1.24 bits per heavy atom. The highest BCUT2D eigenvalue weighted by atomic mass is 35.5. The van der Waals surface area contributed by atoms with Gasteiger partial charge in [0.2, 0.25) is 0 Å². The lowest BCUT2D eigenvalue weighted by Crippen LogP contribution is -2.01. The van der Waals surface area contributed by atoms with Crippen molar-refractivity contribution in [1.29, 1.82) is 0 Å². The predicted octanol–water partition coefficient (Wildman–Crippen LogP) is 2.82. The molecular formula is C16H11ClO8. The first-order valence-corrected chi connectivity index (χ1v) is 6.84. The molecule has 0 heterocycles. The molecule has 2 aromatic rings. The van der Waals surface area contributed by atoms with Crippen molar-refractivity contribution in [3.63, 3.8) is 0 Å². The average molecular weight is 367 g/mol. The van der Waals surface area contributed by atoms with Crippen LogP contribution in [0.3, 0.4) is 0 Å². The molecule has 0 unspecified atom stereocenters. The van der Waals surface area contributed by atoms with E-state index in [0.29, 0.717) is 0 Å². The Bertz CT molecular complexity index is 794. The molecule has 8 nitrogen and oxygen atoms in total. The van der Waals surface area contributed by atoms with Crippen LogP contribution >= 0.6 is 11.6 Å². The summed E-state index contributed by atoms with van der Waals surface area (Å²) in [7, 11) is 0. The Kier molecular flexibility index (Phi) is 6.65. The van der Waals surface area contributed by atoms with Gasteiger partial charge in [-0.25, -0.2) is 19.2 Å². The lowest BCUT2D eigenvalue weighted by Gasteiger charge is -1.99. The van der Waals surface area contributed by atoms with Crippen LogP contribution in [-0.2, 0) is 0 Å². The van der Waals surface area contributed by atoms with Crippen molar-refractivity contribution in [3.05, 3.63) is 69.7 Å². The summed E-state index contributed by atoms with van der Waals surface area (Å²) in [6.07, 6.45) is 0. The predicted molar refractivity (Wildman–Crippen MR) is 85.7 cm³/mol. The smallest absolute Gasteiger partial charge is 0.337 e. The third-order valence-corrected chi connectivity index (χ3v) is 3.14. The SMILES string of the molecule is O=C(O)c1ccc(C(=O)O)c(Cl)c1.O=C(O)c1ccc(C(=O)O)cc1. The molecule has 2 rings (SSSR count). The molecule has 0 radical (unpaired) electrons. The van der Waals surface area contributed by atoms with Gasteiger partial charge < -0.3 is 20.4 Å². The Morgan fingerprint density at radius 1 is 0.600 bits per heavy atom. The number of hydrogen-bond donors (Lipinski definition) is 4. The number of carbonyl (C=O) groups is 4. The Balaban J connectivity index is 0.000000251. The quantitative estimate of drug-likeness (QED) is 0.645. The average Bonchev–Trinajstić information content (AvgIpc) is 2.54. The van der Waals surface area contributed by atoms with Gasteiger partial charge in [0.25, 0.3) is 0 Å². The van der Waals surface area contributed by atoms with Gasteiger partial charge in [0, 0.05) is 0 Å². The first-order valence-electron chi connectivity index (χ1n) is 6.46. The summed E-state index contributed by atoms with van der Waals surface area (Å²) in [5.41, 5.74) is 0.0293. The lowest BCUT2D eigenvalue weighted by molar-refractivity contribution is 0.0681. The van der Waals surface area contributed by atoms with Crippen LogP contribution in [0.4, 0.5) is 0 Å². The van der Waals surface area contributed by atoms with Gasteiger partial charge in [0.15, 0.2) is 0 Å². The van der Waals surface area contributed by atoms with Crippen molar-refractivity contribution in [1.82, 2.24) is 0 Å². The van der Waals surface area contributed by atoms with E-state index in [0.717, 1.165) is 12.1 Å². The highest BCUT2D eigenvalue weighted by Gasteiger charge is 2.11. The number of halogens is 1. The van der Waals surface area contributed by atoms with Gasteiger partial charge >= 0.3 is 23.9 Å². The fourth-order valence-electron chi connectivity index (χ4n) is 1.58. The summed E-state index contributed by atoms with van der Waals surface area (Å²) in [6.45, 7) is 0. The molecule has 130 valence electrons. The van der Waals surface area contributed by atoms with E-state index in [1.165, 1.54) is 30.3 Å². The summed E-state index contributed by atoms with van der Waals surface area (Å²) < 4.78 is 0. The van der Waals surface area contributed by atoms with Gasteiger partial charge in [-0.2, -0.15) is 0 Å². The van der Waals surface area contributed by atoms with E-state index in [-0.39, 0.29) is 27.3 Å². The topological polar surface area (TPSA) is 149 Å². The van der Waals surface area contributed by atoms with Crippen LogP contribution in [0.25, 0.3) is 0 Å². The molecule has 0 aliphatic carbocycles. The summed E-state index contributed by atoms with van der Waals surface area (Å²) in [5, 5.41) is 34.0. The van der Waals surface area contributed by atoms with Gasteiger partial charge in [-0.1, -0.05) is 11.6 Å². The summed E-state index contributed by atoms with van der Waals surface area (Å²) in [6, 6.07) is 8.48. The molecule has 0 aliphatic heterocycles. The highest BCUT2D eigenvalue weighted by Crippen LogP contribution is 2.17. The minimum absolute atomic E-state index is 0.0324. The second-order valence-electron chi connectivity index (χ2n) is 4.49. The number of carboxylic acids is 4. The van der Waals surface area contributed by atoms with E-state index in [4.69, 9.17) is 32.0 Å². The molecule has 0 aliphatic rings. The van der Waals surface area contributed by atoms with Gasteiger partial charge in [0.05, 0.1) is 27.3 Å². The molecule has 0 aromatic heterocycles. The first kappa shape index (κ1) is 19.7. The molecule has 0 amide bonds. The normalized spacial score (nSPS) is 9.48. The molecule has 4 N–H and O–H groups in total. The van der Waals surface area contributed by atoms with E-state index in [9.17, 15) is 19.2 Å². The van der Waals surface area contributed by atoms with Gasteiger partial charge in [-0.05, 0) is 42.5 Å². The summed E-state index contributed by atoms with van der Waals surface area (Å²) >= 11 is 5.52. The maximum absolute atomic E-state index is 10.5. The van der Waals surface area contributed by atoms with Crippen molar-refractivity contribution in [2.45, 2.75) is 0 Å². The minimum Gasteiger partial charge on any atom is -0.478 e. The zero-order chi connectivity index (χ0) is 19.1. The van der Waals surface area contributed by atoms with E-state index in [1.54, 1.807) is 0 Å². The van der Waals surface area contributed by atoms with E-state index >= 15 is 0 Å². The van der Waals surface area contributed by atoms with Crippen molar-refractivity contribution < 1.29 is 39.6 Å². The molecule has 0 bridgehead atoms. The number of hydrogen-bond acceptors (Lipinski definition) is 4. The van der Waals surface area contributed by atoms with Crippen LogP contribution in [0.2, 0.25) is 5.02 Å². The van der Waals surface area contributed by atoms with Crippen LogP contribution in [0.1, 0.15) is 41.4 Å². The van der Waals surface area contributed by atoms with Gasteiger partial charge in [-0.15, -0.1) is 0 Å². The number of rotatable bonds is 4. The highest BCUT2D eigenvalue weighted by molar-refractivity contribution is 6.33. The van der Waals surface area contributed by atoms with Crippen LogP contribution in [-0.4, -0.2) is 44.3 Å². The monoisotopic (exact) mass is 366 g/mol. The summed E-state index contributed by atoms with van der Waals surface area (Å²) in [5.74, 6) is -4.44. The maximum atomic E-state index is 10.5. The van der Waals surface area contributed by atoms with Crippen LogP contribution in [0, 0.1) is 0 Å². The zero-order valence-electron chi connectivity index (χ0n) is 12.3. The van der Waals surface area contributed by atoms with Crippen LogP contribution in [0.5, 0.6) is 0 Å². The molecular weight excluding hydrogens is 356 g/mol. The molecule has 0 saturated carbocycles. The second-order valence-corrected chi connectivity index (χ2v) is 4.90. The molecule has 0 saturated heterocycles. The summed E-state index contributed by atoms with van der Waals surface area (Å²) in [4.78, 5) is 41.6. The third-order valence-electron chi connectivity index (χ3n) is 2.83. The third kappa shape index (κ3) is 5.63. The van der Waals surface area contributed by atoms with E-state index in [2.05, 4.69) is 0 Å². The Labute approximate surface area is 145 Å². The van der Waals surface area contributed by atoms with Crippen molar-refractivity contribution in [2.75, 3.05) is 0 Å². The Hall–Kier alpha value is -3.39. The molecule has 0 spiro atoms. The second kappa shape index (κ2) is 8.46. The van der Waals surface area contributed by atoms with E-state index in [1.807, 2.05) is 0 Å². The maximum Gasteiger partial charge on any atom is 0.337 e. The van der Waals surface area contributed by atoms with Crippen molar-refractivity contribution >= 4 is 35.5 Å². The van der Waals surface area contributed by atoms with E-state index < -0.39 is 23.9 Å². The minimum atomic E-state index is -1.18. The number of carboxylic acid groups (broad SMARTS) is 4. The molecule has 0 fully saturated rings. The van der Waals surface area contributed by atoms with Crippen molar-refractivity contribution in [2.24, 2.45) is 0 Å². The van der Waals surface area contributed by atoms with Gasteiger partial charge in [0.1, 0.15) is 0 Å². The fraction of sp³-hybridized carbons (Fsp3) is 0. The number of aromatic carboxylic acids is 4. The van der Waals surface area contributed by atoms with Crippen LogP contribution in [0.15, 0.2) is 42.5 Å². The fourth-order valence-corrected chi connectivity index (χ4v) is 1.84. The Morgan fingerprint density at radius 2 is 0.960 bits per heavy atom. The number of benzene rings is 2. The lowest BCUT2D eigenvalue weighted by atomic mass is 10.1. The first-order chi connectivity index (χ1) is 11.6. The van der Waals surface area contributed by atoms with Crippen molar-refractivity contribution in [3.8, 4) is 0 Å². The van der Waals surface area contributed by atoms with Crippen LogP contribution < -0.4 is 0 Å². The molecule has 2 aromatic carbocycles.